The number of halogens is 1. The van der Waals surface area contributed by atoms with Crippen LogP contribution in [0, 0.1) is 5.82 Å². The largest absolute Gasteiger partial charge is 0.352 e. The van der Waals surface area contributed by atoms with Crippen molar-refractivity contribution in [2.45, 2.75) is 19.0 Å². The highest BCUT2D eigenvalue weighted by atomic mass is 32.1. The standard InChI is InChI=1S/C20H19FN4S/c1-2-24-19(18(23-20(24)26)15-9-5-6-12-22-15)17-11-7-13-25(17)16-10-4-3-8-14(16)21/h3-13,18-19H,2H2,1H3,(H,23,26)/t18-,19-/m0/s1. The number of benzene rings is 1. The molecule has 132 valence electrons. The molecule has 2 aromatic heterocycles. The van der Waals surface area contributed by atoms with E-state index in [0.717, 1.165) is 17.9 Å². The fourth-order valence-electron chi connectivity index (χ4n) is 3.57. The number of hydrogen-bond donors (Lipinski definition) is 1. The quantitative estimate of drug-likeness (QED) is 0.708. The van der Waals surface area contributed by atoms with Gasteiger partial charge in [0.2, 0.25) is 0 Å². The van der Waals surface area contributed by atoms with E-state index in [2.05, 4.69) is 22.1 Å². The van der Waals surface area contributed by atoms with Crippen molar-refractivity contribution in [3.8, 4) is 5.69 Å². The lowest BCUT2D eigenvalue weighted by Crippen LogP contribution is -2.30. The van der Waals surface area contributed by atoms with Gasteiger partial charge in [0.25, 0.3) is 0 Å². The molecule has 1 aromatic carbocycles. The number of nitrogens with zero attached hydrogens (tertiary/aromatic N) is 3. The van der Waals surface area contributed by atoms with Gasteiger partial charge in [0.15, 0.2) is 5.11 Å². The van der Waals surface area contributed by atoms with Crippen molar-refractivity contribution in [3.63, 3.8) is 0 Å². The van der Waals surface area contributed by atoms with Crippen LogP contribution in [0.25, 0.3) is 5.69 Å². The van der Waals surface area contributed by atoms with Crippen LogP contribution in [0.5, 0.6) is 0 Å². The Labute approximate surface area is 157 Å². The van der Waals surface area contributed by atoms with E-state index in [-0.39, 0.29) is 17.9 Å². The molecule has 0 unspecified atom stereocenters. The fraction of sp³-hybridized carbons (Fsp3) is 0.200. The molecule has 0 spiro atoms. The highest BCUT2D eigenvalue weighted by Crippen LogP contribution is 2.39. The Morgan fingerprint density at radius 2 is 1.92 bits per heavy atom. The minimum absolute atomic E-state index is 0.0722. The number of aromatic nitrogens is 2. The molecule has 1 aliphatic rings. The van der Waals surface area contributed by atoms with Crippen LogP contribution in [0.1, 0.15) is 30.4 Å². The van der Waals surface area contributed by atoms with Crippen LogP contribution in [-0.2, 0) is 0 Å². The second kappa shape index (κ2) is 6.88. The minimum Gasteiger partial charge on any atom is -0.352 e. The highest BCUT2D eigenvalue weighted by molar-refractivity contribution is 7.80. The molecular weight excluding hydrogens is 347 g/mol. The topological polar surface area (TPSA) is 33.1 Å². The molecule has 3 aromatic rings. The predicted octanol–water partition coefficient (Wildman–Crippen LogP) is 4.00. The minimum atomic E-state index is -0.254. The number of likely N-dealkylation sites (N-methyl/N-ethyl adjacent to an activating group) is 1. The first-order valence-electron chi connectivity index (χ1n) is 8.61. The van der Waals surface area contributed by atoms with Gasteiger partial charge in [-0.25, -0.2) is 4.39 Å². The van der Waals surface area contributed by atoms with Gasteiger partial charge >= 0.3 is 0 Å². The van der Waals surface area contributed by atoms with Crippen molar-refractivity contribution in [2.24, 2.45) is 0 Å². The first-order chi connectivity index (χ1) is 12.7. The van der Waals surface area contributed by atoms with Gasteiger partial charge in [-0.3, -0.25) is 4.98 Å². The number of para-hydroxylation sites is 1. The summed E-state index contributed by atoms with van der Waals surface area (Å²) in [7, 11) is 0. The molecule has 0 saturated carbocycles. The lowest BCUT2D eigenvalue weighted by molar-refractivity contribution is 0.320. The van der Waals surface area contributed by atoms with Crippen LogP contribution in [0.4, 0.5) is 4.39 Å². The van der Waals surface area contributed by atoms with E-state index in [1.807, 2.05) is 47.2 Å². The molecule has 0 radical (unpaired) electrons. The van der Waals surface area contributed by atoms with Crippen LogP contribution in [-0.4, -0.2) is 26.1 Å². The maximum absolute atomic E-state index is 14.4. The van der Waals surface area contributed by atoms with Crippen molar-refractivity contribution in [3.05, 3.63) is 84.2 Å². The van der Waals surface area contributed by atoms with Crippen molar-refractivity contribution in [1.29, 1.82) is 0 Å². The Hall–Kier alpha value is -2.73. The molecule has 26 heavy (non-hydrogen) atoms. The first-order valence-corrected chi connectivity index (χ1v) is 9.01. The zero-order valence-corrected chi connectivity index (χ0v) is 15.2. The molecule has 0 bridgehead atoms. The number of hydrogen-bond acceptors (Lipinski definition) is 2. The van der Waals surface area contributed by atoms with E-state index >= 15 is 0 Å². The molecule has 1 saturated heterocycles. The Balaban J connectivity index is 1.83. The summed E-state index contributed by atoms with van der Waals surface area (Å²) in [5.74, 6) is -0.254. The fourth-order valence-corrected chi connectivity index (χ4v) is 3.94. The van der Waals surface area contributed by atoms with E-state index in [9.17, 15) is 4.39 Å². The van der Waals surface area contributed by atoms with Crippen molar-refractivity contribution in [1.82, 2.24) is 19.8 Å². The molecule has 0 aliphatic carbocycles. The first kappa shape index (κ1) is 16.7. The van der Waals surface area contributed by atoms with Crippen molar-refractivity contribution in [2.75, 3.05) is 6.54 Å². The van der Waals surface area contributed by atoms with E-state index in [1.165, 1.54) is 6.07 Å². The van der Waals surface area contributed by atoms with Crippen LogP contribution in [0.15, 0.2) is 67.0 Å². The molecule has 4 rings (SSSR count). The van der Waals surface area contributed by atoms with E-state index in [0.29, 0.717) is 10.8 Å². The number of nitrogens with one attached hydrogen (secondary N) is 1. The number of rotatable bonds is 4. The Morgan fingerprint density at radius 3 is 2.65 bits per heavy atom. The maximum Gasteiger partial charge on any atom is 0.170 e. The summed E-state index contributed by atoms with van der Waals surface area (Å²) in [5.41, 5.74) is 2.41. The lowest BCUT2D eigenvalue weighted by atomic mass is 10.0. The van der Waals surface area contributed by atoms with Gasteiger partial charge in [-0.15, -0.1) is 0 Å². The van der Waals surface area contributed by atoms with Gasteiger partial charge in [-0.1, -0.05) is 18.2 Å². The van der Waals surface area contributed by atoms with E-state index in [1.54, 1.807) is 18.3 Å². The molecule has 3 heterocycles. The second-order valence-corrected chi connectivity index (χ2v) is 6.55. The smallest absolute Gasteiger partial charge is 0.170 e. The molecule has 4 nitrogen and oxygen atoms in total. The highest BCUT2D eigenvalue weighted by Gasteiger charge is 2.40. The Morgan fingerprint density at radius 1 is 1.12 bits per heavy atom. The van der Waals surface area contributed by atoms with Gasteiger partial charge in [-0.2, -0.15) is 0 Å². The van der Waals surface area contributed by atoms with Crippen molar-refractivity contribution < 1.29 is 4.39 Å². The molecule has 1 aliphatic heterocycles. The predicted molar refractivity (Wildman–Crippen MR) is 104 cm³/mol. The summed E-state index contributed by atoms with van der Waals surface area (Å²) in [4.78, 5) is 6.64. The van der Waals surface area contributed by atoms with Gasteiger partial charge in [0, 0.05) is 24.6 Å². The van der Waals surface area contributed by atoms with Gasteiger partial charge in [0.1, 0.15) is 5.82 Å². The molecule has 2 atom stereocenters. The zero-order chi connectivity index (χ0) is 18.1. The monoisotopic (exact) mass is 366 g/mol. The Bertz CT molecular complexity index is 924. The van der Waals surface area contributed by atoms with Gasteiger partial charge in [-0.05, 0) is 55.5 Å². The van der Waals surface area contributed by atoms with Gasteiger partial charge < -0.3 is 14.8 Å². The summed E-state index contributed by atoms with van der Waals surface area (Å²) >= 11 is 5.56. The van der Waals surface area contributed by atoms with E-state index in [4.69, 9.17) is 12.2 Å². The van der Waals surface area contributed by atoms with E-state index < -0.39 is 0 Å². The van der Waals surface area contributed by atoms with Crippen LogP contribution < -0.4 is 5.32 Å². The summed E-state index contributed by atoms with van der Waals surface area (Å²) in [6.07, 6.45) is 3.67. The third-order valence-electron chi connectivity index (χ3n) is 4.73. The Kier molecular flexibility index (Phi) is 4.42. The number of thiocarbonyl (C=S) groups is 1. The summed E-state index contributed by atoms with van der Waals surface area (Å²) in [5, 5.41) is 4.08. The number of pyridine rings is 1. The maximum atomic E-state index is 14.4. The average molecular weight is 366 g/mol. The molecule has 0 amide bonds. The third kappa shape index (κ3) is 2.76. The average Bonchev–Trinajstić information content (AvgIpc) is 3.26. The SMILES string of the molecule is CCN1C(=S)N[C@@H](c2ccccn2)[C@@H]1c1cccn1-c1ccccc1F. The third-order valence-corrected chi connectivity index (χ3v) is 5.09. The molecule has 6 heteroatoms. The molecular formula is C20H19FN4S. The zero-order valence-electron chi connectivity index (χ0n) is 14.3. The normalized spacial score (nSPS) is 19.6. The summed E-state index contributed by atoms with van der Waals surface area (Å²) in [6, 6.07) is 16.4. The van der Waals surface area contributed by atoms with Crippen LogP contribution in [0.3, 0.4) is 0 Å². The molecule has 1 fully saturated rings. The van der Waals surface area contributed by atoms with Crippen LogP contribution in [0.2, 0.25) is 0 Å². The van der Waals surface area contributed by atoms with Crippen molar-refractivity contribution >= 4 is 17.3 Å². The van der Waals surface area contributed by atoms with Gasteiger partial charge in [0.05, 0.1) is 23.5 Å². The summed E-state index contributed by atoms with van der Waals surface area (Å²) < 4.78 is 16.3. The second-order valence-electron chi connectivity index (χ2n) is 6.17. The molecule has 1 N–H and O–H groups in total. The lowest BCUT2D eigenvalue weighted by Gasteiger charge is -2.28. The van der Waals surface area contributed by atoms with Crippen LogP contribution >= 0.6 is 12.2 Å². The summed E-state index contributed by atoms with van der Waals surface area (Å²) in [6.45, 7) is 2.82.